The summed E-state index contributed by atoms with van der Waals surface area (Å²) in [7, 11) is 1.71. The minimum atomic E-state index is -0.433. The molecule has 2 atom stereocenters. The maximum atomic E-state index is 12.0. The molecule has 2 unspecified atom stereocenters. The summed E-state index contributed by atoms with van der Waals surface area (Å²) >= 11 is 0. The molecule has 1 aromatic heterocycles. The van der Waals surface area contributed by atoms with E-state index in [0.717, 1.165) is 25.7 Å². The van der Waals surface area contributed by atoms with E-state index in [0.29, 0.717) is 11.6 Å². The van der Waals surface area contributed by atoms with Crippen molar-refractivity contribution in [1.82, 2.24) is 10.1 Å². The molecule has 1 aliphatic carbocycles. The van der Waals surface area contributed by atoms with Gasteiger partial charge in [-0.1, -0.05) is 12.8 Å². The lowest BCUT2D eigenvalue weighted by Crippen LogP contribution is -2.47. The highest BCUT2D eigenvalue weighted by molar-refractivity contribution is 5.77. The van der Waals surface area contributed by atoms with Gasteiger partial charge in [0.2, 0.25) is 0 Å². The molecule has 0 saturated heterocycles. The number of hydrogen-bond acceptors (Lipinski definition) is 5. The van der Waals surface area contributed by atoms with Gasteiger partial charge in [-0.15, -0.1) is 0 Å². The molecule has 1 N–H and O–H groups in total. The molecule has 0 radical (unpaired) electrons. The van der Waals surface area contributed by atoms with Crippen LogP contribution in [0.2, 0.25) is 0 Å². The summed E-state index contributed by atoms with van der Waals surface area (Å²) in [4.78, 5) is 13.6. The lowest BCUT2D eigenvalue weighted by Gasteiger charge is -2.35. The van der Waals surface area contributed by atoms with Crippen molar-refractivity contribution in [2.24, 2.45) is 0 Å². The van der Waals surface area contributed by atoms with Crippen LogP contribution in [0.5, 0.6) is 5.88 Å². The van der Waals surface area contributed by atoms with Crippen LogP contribution in [0, 0.1) is 6.92 Å². The van der Waals surface area contributed by atoms with E-state index in [1.807, 2.05) is 0 Å². The normalized spacial score (nSPS) is 23.1. The van der Waals surface area contributed by atoms with Gasteiger partial charge in [0.05, 0.1) is 12.1 Å². The van der Waals surface area contributed by atoms with Gasteiger partial charge in [0.1, 0.15) is 5.76 Å². The lowest BCUT2D eigenvalue weighted by molar-refractivity contribution is -0.137. The molecule has 0 spiro atoms. The zero-order valence-electron chi connectivity index (χ0n) is 11.3. The molecule has 1 aromatic rings. The van der Waals surface area contributed by atoms with Crippen LogP contribution in [-0.4, -0.2) is 46.9 Å². The largest absolute Gasteiger partial charge is 0.465 e. The fourth-order valence-electron chi connectivity index (χ4n) is 2.38. The van der Waals surface area contributed by atoms with Gasteiger partial charge in [0.15, 0.2) is 6.61 Å². The van der Waals surface area contributed by atoms with Crippen LogP contribution in [-0.2, 0) is 4.79 Å². The fourth-order valence-corrected chi connectivity index (χ4v) is 2.38. The quantitative estimate of drug-likeness (QED) is 0.885. The average molecular weight is 268 g/mol. The molecular weight excluding hydrogens is 248 g/mol. The molecule has 1 saturated carbocycles. The summed E-state index contributed by atoms with van der Waals surface area (Å²) in [5, 5.41) is 13.6. The van der Waals surface area contributed by atoms with E-state index in [1.165, 1.54) is 0 Å². The first-order chi connectivity index (χ1) is 9.08. The van der Waals surface area contributed by atoms with E-state index >= 15 is 0 Å². The van der Waals surface area contributed by atoms with Gasteiger partial charge >= 0.3 is 0 Å². The Kier molecular flexibility index (Phi) is 4.42. The number of likely N-dealkylation sites (N-methyl/N-ethyl adjacent to an activating group) is 1. The smallest absolute Gasteiger partial charge is 0.260 e. The van der Waals surface area contributed by atoms with Crippen LogP contribution in [0.15, 0.2) is 10.6 Å². The molecule has 1 heterocycles. The number of rotatable bonds is 4. The van der Waals surface area contributed by atoms with Crippen molar-refractivity contribution in [3.8, 4) is 5.88 Å². The van der Waals surface area contributed by atoms with Crippen molar-refractivity contribution < 1.29 is 19.2 Å². The first-order valence-electron chi connectivity index (χ1n) is 6.58. The van der Waals surface area contributed by atoms with Crippen LogP contribution >= 0.6 is 0 Å². The van der Waals surface area contributed by atoms with Crippen LogP contribution in [0.3, 0.4) is 0 Å². The first kappa shape index (κ1) is 13.9. The van der Waals surface area contributed by atoms with E-state index in [9.17, 15) is 9.90 Å². The van der Waals surface area contributed by atoms with Gasteiger partial charge in [-0.25, -0.2) is 0 Å². The van der Waals surface area contributed by atoms with E-state index in [2.05, 4.69) is 5.16 Å². The highest BCUT2D eigenvalue weighted by Crippen LogP contribution is 2.22. The topological polar surface area (TPSA) is 75.8 Å². The number of carbonyl (C=O) groups excluding carboxylic acids is 1. The molecule has 1 aliphatic rings. The van der Waals surface area contributed by atoms with E-state index < -0.39 is 6.10 Å². The van der Waals surface area contributed by atoms with Gasteiger partial charge in [-0.3, -0.25) is 4.79 Å². The zero-order chi connectivity index (χ0) is 13.8. The first-order valence-corrected chi connectivity index (χ1v) is 6.58. The molecule has 2 rings (SSSR count). The zero-order valence-corrected chi connectivity index (χ0v) is 11.3. The third-order valence-corrected chi connectivity index (χ3v) is 3.53. The van der Waals surface area contributed by atoms with Crippen molar-refractivity contribution in [2.45, 2.75) is 44.8 Å². The molecule has 1 fully saturated rings. The predicted molar refractivity (Wildman–Crippen MR) is 67.8 cm³/mol. The number of hydrogen-bond donors (Lipinski definition) is 1. The molecule has 106 valence electrons. The average Bonchev–Trinajstić information content (AvgIpc) is 2.81. The molecule has 6 nitrogen and oxygen atoms in total. The maximum absolute atomic E-state index is 12.0. The summed E-state index contributed by atoms with van der Waals surface area (Å²) in [5.74, 6) is 0.786. The Balaban J connectivity index is 1.84. The Hall–Kier alpha value is -1.56. The van der Waals surface area contributed by atoms with Gasteiger partial charge in [0, 0.05) is 13.1 Å². The predicted octanol–water partition coefficient (Wildman–Crippen LogP) is 1.12. The second-order valence-corrected chi connectivity index (χ2v) is 4.99. The molecule has 1 amide bonds. The standard InChI is InChI=1S/C13H20N2O4/c1-9-7-12(14-19-9)18-8-13(17)15(2)10-5-3-4-6-11(10)16/h7,10-11,16H,3-6,8H2,1-2H3. The molecule has 0 aliphatic heterocycles. The second kappa shape index (κ2) is 6.06. The molecule has 6 heteroatoms. The van der Waals surface area contributed by atoms with Crippen molar-refractivity contribution >= 4 is 5.91 Å². The number of amides is 1. The molecule has 19 heavy (non-hydrogen) atoms. The van der Waals surface area contributed by atoms with Crippen LogP contribution in [0.4, 0.5) is 0 Å². The third kappa shape index (κ3) is 3.47. The Labute approximate surface area is 112 Å². The van der Waals surface area contributed by atoms with Crippen LogP contribution < -0.4 is 4.74 Å². The van der Waals surface area contributed by atoms with E-state index in [4.69, 9.17) is 9.26 Å². The van der Waals surface area contributed by atoms with Crippen molar-refractivity contribution in [3.05, 3.63) is 11.8 Å². The fraction of sp³-hybridized carbons (Fsp3) is 0.692. The van der Waals surface area contributed by atoms with Crippen LogP contribution in [0.25, 0.3) is 0 Å². The van der Waals surface area contributed by atoms with Gasteiger partial charge in [0.25, 0.3) is 11.8 Å². The van der Waals surface area contributed by atoms with Crippen molar-refractivity contribution in [1.29, 1.82) is 0 Å². The van der Waals surface area contributed by atoms with Crippen molar-refractivity contribution in [3.63, 3.8) is 0 Å². The number of aliphatic hydroxyl groups excluding tert-OH is 1. The van der Waals surface area contributed by atoms with Gasteiger partial charge in [-0.05, 0) is 24.9 Å². The number of aliphatic hydroxyl groups is 1. The Morgan fingerprint density at radius 1 is 1.58 bits per heavy atom. The van der Waals surface area contributed by atoms with Gasteiger partial charge in [-0.2, -0.15) is 0 Å². The maximum Gasteiger partial charge on any atom is 0.260 e. The number of ether oxygens (including phenoxy) is 1. The SMILES string of the molecule is Cc1cc(OCC(=O)N(C)C2CCCCC2O)no1. The highest BCUT2D eigenvalue weighted by Gasteiger charge is 2.29. The third-order valence-electron chi connectivity index (χ3n) is 3.53. The lowest BCUT2D eigenvalue weighted by atomic mass is 9.91. The number of nitrogens with zero attached hydrogens (tertiary/aromatic N) is 2. The Morgan fingerprint density at radius 3 is 2.95 bits per heavy atom. The Bertz CT molecular complexity index is 432. The number of aromatic nitrogens is 1. The molecular formula is C13H20N2O4. The second-order valence-electron chi connectivity index (χ2n) is 4.99. The molecule has 0 bridgehead atoms. The minimum absolute atomic E-state index is 0.0916. The summed E-state index contributed by atoms with van der Waals surface area (Å²) in [6, 6.07) is 1.52. The number of aryl methyl sites for hydroxylation is 1. The van der Waals surface area contributed by atoms with Gasteiger partial charge < -0.3 is 19.3 Å². The summed E-state index contributed by atoms with van der Waals surface area (Å²) in [6.45, 7) is 1.66. The summed E-state index contributed by atoms with van der Waals surface area (Å²) in [5.41, 5.74) is 0. The summed E-state index contributed by atoms with van der Waals surface area (Å²) < 4.78 is 10.1. The monoisotopic (exact) mass is 268 g/mol. The highest BCUT2D eigenvalue weighted by atomic mass is 16.5. The Morgan fingerprint density at radius 2 is 2.32 bits per heavy atom. The van der Waals surface area contributed by atoms with Crippen LogP contribution in [0.1, 0.15) is 31.4 Å². The van der Waals surface area contributed by atoms with Crippen molar-refractivity contribution in [2.75, 3.05) is 13.7 Å². The van der Waals surface area contributed by atoms with E-state index in [-0.39, 0.29) is 18.6 Å². The molecule has 0 aromatic carbocycles. The van der Waals surface area contributed by atoms with E-state index in [1.54, 1.807) is 24.9 Å². The summed E-state index contributed by atoms with van der Waals surface area (Å²) in [6.07, 6.45) is 3.23. The number of carbonyl (C=O) groups is 1. The minimum Gasteiger partial charge on any atom is -0.465 e.